The van der Waals surface area contributed by atoms with Gasteiger partial charge in [0, 0.05) is 35.7 Å². The van der Waals surface area contributed by atoms with Crippen LogP contribution in [-0.4, -0.2) is 46.6 Å². The number of nitrogens with one attached hydrogen (secondary N) is 3. The van der Waals surface area contributed by atoms with Gasteiger partial charge in [-0.2, -0.15) is 0 Å². The third-order valence-electron chi connectivity index (χ3n) is 7.01. The highest BCUT2D eigenvalue weighted by molar-refractivity contribution is 6.30. The summed E-state index contributed by atoms with van der Waals surface area (Å²) in [7, 11) is 1.28. The van der Waals surface area contributed by atoms with Crippen LogP contribution in [0.15, 0.2) is 48.7 Å². The van der Waals surface area contributed by atoms with Gasteiger partial charge in [-0.25, -0.2) is 14.6 Å². The van der Waals surface area contributed by atoms with E-state index in [2.05, 4.69) is 25.3 Å². The number of halogens is 2. The lowest BCUT2D eigenvalue weighted by Crippen LogP contribution is -2.42. The number of imidazole rings is 1. The number of carbonyl (C=O) groups excluding carboxylic acids is 3. The number of aromatic nitrogens is 2. The van der Waals surface area contributed by atoms with Gasteiger partial charge >= 0.3 is 12.2 Å². The number of H-pyrrole nitrogens is 1. The Morgan fingerprint density at radius 1 is 1.15 bits per heavy atom. The van der Waals surface area contributed by atoms with E-state index in [1.54, 1.807) is 35.4 Å². The summed E-state index contributed by atoms with van der Waals surface area (Å²) >= 11 is 6.14. The quantitative estimate of drug-likeness (QED) is 0.307. The summed E-state index contributed by atoms with van der Waals surface area (Å²) in [6, 6.07) is 12.3. The minimum absolute atomic E-state index is 0. The molecule has 3 heterocycles. The number of carbonyl (C=O) groups is 3. The van der Waals surface area contributed by atoms with Crippen molar-refractivity contribution in [2.24, 2.45) is 0 Å². The molecule has 5 rings (SSSR count). The average molecular weight is 588 g/mol. The Balaban J connectivity index is 0.00000370. The number of fused-ring (bicyclic) bond motifs is 4. The largest absolute Gasteiger partial charge is 0.453 e. The number of nitrogens with zero attached hydrogens (tertiary/aromatic N) is 2. The number of hydrogen-bond donors (Lipinski definition) is 3. The summed E-state index contributed by atoms with van der Waals surface area (Å²) in [5.74, 6) is 0.533. The second-order valence-electron chi connectivity index (χ2n) is 9.63. The van der Waals surface area contributed by atoms with Crippen molar-refractivity contribution in [2.75, 3.05) is 24.3 Å². The molecule has 1 unspecified atom stereocenters. The van der Waals surface area contributed by atoms with E-state index in [-0.39, 0.29) is 30.5 Å². The minimum atomic E-state index is -0.608. The molecule has 2 aromatic carbocycles. The van der Waals surface area contributed by atoms with Crippen molar-refractivity contribution in [1.82, 2.24) is 14.9 Å². The van der Waals surface area contributed by atoms with E-state index < -0.39 is 12.2 Å². The zero-order chi connectivity index (χ0) is 27.4. The summed E-state index contributed by atoms with van der Waals surface area (Å²) < 4.78 is 10.5. The van der Waals surface area contributed by atoms with E-state index in [4.69, 9.17) is 16.3 Å². The van der Waals surface area contributed by atoms with E-state index in [0.29, 0.717) is 65.7 Å². The topological polar surface area (TPSA) is 126 Å². The number of anilines is 2. The fourth-order valence-electron chi connectivity index (χ4n) is 5.05. The van der Waals surface area contributed by atoms with Gasteiger partial charge in [-0.3, -0.25) is 15.0 Å². The maximum absolute atomic E-state index is 13.2. The molecule has 1 saturated heterocycles. The van der Waals surface area contributed by atoms with E-state index >= 15 is 0 Å². The molecule has 3 amide bonds. The van der Waals surface area contributed by atoms with Crippen LogP contribution in [-0.2, 0) is 14.3 Å². The lowest BCUT2D eigenvalue weighted by Gasteiger charge is -2.36. The normalized spacial score (nSPS) is 19.4. The van der Waals surface area contributed by atoms with Crippen molar-refractivity contribution < 1.29 is 23.9 Å². The number of benzene rings is 2. The summed E-state index contributed by atoms with van der Waals surface area (Å²) in [6.45, 7) is 0.510. The molecule has 0 saturated carbocycles. The zero-order valence-corrected chi connectivity index (χ0v) is 23.5. The Labute approximate surface area is 243 Å². The molecule has 10 nitrogen and oxygen atoms in total. The Morgan fingerprint density at radius 2 is 2.00 bits per heavy atom. The van der Waals surface area contributed by atoms with Crippen molar-refractivity contribution in [1.29, 1.82) is 0 Å². The van der Waals surface area contributed by atoms with Crippen LogP contribution in [0.1, 0.15) is 62.1 Å². The maximum atomic E-state index is 13.2. The van der Waals surface area contributed by atoms with Crippen LogP contribution in [0.3, 0.4) is 0 Å². The van der Waals surface area contributed by atoms with Crippen LogP contribution in [0, 0.1) is 0 Å². The monoisotopic (exact) mass is 587 g/mol. The molecule has 3 aromatic rings. The van der Waals surface area contributed by atoms with Gasteiger partial charge in [0.25, 0.3) is 0 Å². The number of cyclic esters (lactones) is 1. The molecule has 1 aromatic heterocycles. The number of aromatic amines is 1. The van der Waals surface area contributed by atoms with E-state index in [1.807, 2.05) is 18.2 Å². The summed E-state index contributed by atoms with van der Waals surface area (Å²) in [5, 5.41) is 6.19. The molecule has 12 heteroatoms. The molecule has 3 N–H and O–H groups in total. The van der Waals surface area contributed by atoms with Crippen LogP contribution >= 0.6 is 24.0 Å². The highest BCUT2D eigenvalue weighted by atomic mass is 35.5. The molecule has 2 aliphatic heterocycles. The van der Waals surface area contributed by atoms with Gasteiger partial charge in [-0.1, -0.05) is 36.6 Å². The third kappa shape index (κ3) is 6.68. The van der Waals surface area contributed by atoms with Gasteiger partial charge < -0.3 is 19.8 Å². The molecule has 40 heavy (non-hydrogen) atoms. The minimum Gasteiger partial charge on any atom is -0.453 e. The summed E-state index contributed by atoms with van der Waals surface area (Å²) in [4.78, 5) is 47.4. The van der Waals surface area contributed by atoms with Crippen molar-refractivity contribution in [3.63, 3.8) is 0 Å². The fourth-order valence-corrected chi connectivity index (χ4v) is 5.24. The first-order valence-electron chi connectivity index (χ1n) is 13.0. The van der Waals surface area contributed by atoms with Crippen molar-refractivity contribution >= 4 is 53.5 Å². The van der Waals surface area contributed by atoms with E-state index in [0.717, 1.165) is 18.4 Å². The highest BCUT2D eigenvalue weighted by Gasteiger charge is 2.35. The fraction of sp³-hybridized carbons (Fsp3) is 0.357. The van der Waals surface area contributed by atoms with E-state index in [9.17, 15) is 14.4 Å². The maximum Gasteiger partial charge on any atom is 0.411 e. The molecule has 2 atom stereocenters. The van der Waals surface area contributed by atoms with Crippen LogP contribution in [0.2, 0.25) is 5.02 Å². The second kappa shape index (κ2) is 13.1. The second-order valence-corrected chi connectivity index (χ2v) is 10.1. The molecule has 2 bridgehead atoms. The lowest BCUT2D eigenvalue weighted by molar-refractivity contribution is -0.116. The molecular weight excluding hydrogens is 557 g/mol. The molecule has 0 spiro atoms. The smallest absolute Gasteiger partial charge is 0.411 e. The Morgan fingerprint density at radius 3 is 2.77 bits per heavy atom. The van der Waals surface area contributed by atoms with Crippen LogP contribution in [0.5, 0.6) is 0 Å². The number of methoxy groups -OCH3 is 1. The van der Waals surface area contributed by atoms with Crippen molar-refractivity contribution in [3.05, 3.63) is 65.1 Å². The summed E-state index contributed by atoms with van der Waals surface area (Å²) in [6.07, 6.45) is 4.35. The Kier molecular flexibility index (Phi) is 9.54. The molecule has 0 aliphatic carbocycles. The Bertz CT molecular complexity index is 1380. The number of hydrogen-bond acceptors (Lipinski definition) is 6. The number of amides is 3. The molecule has 212 valence electrons. The van der Waals surface area contributed by atoms with Gasteiger partial charge in [-0.05, 0) is 48.7 Å². The molecule has 2 aliphatic rings. The highest BCUT2D eigenvalue weighted by Crippen LogP contribution is 2.36. The molecule has 1 fully saturated rings. The van der Waals surface area contributed by atoms with Gasteiger partial charge in [0.05, 0.1) is 30.7 Å². The van der Waals surface area contributed by atoms with E-state index in [1.165, 1.54) is 7.11 Å². The van der Waals surface area contributed by atoms with Gasteiger partial charge in [0.1, 0.15) is 11.9 Å². The number of rotatable bonds is 3. The standard InChI is InChI=1S/C28H30ClN5O5.ClH/c1-38-27(36)31-19-10-11-20-21(15-19)32-25(35)9-4-2-3-8-23(26-30-16-22(20)33-26)34-13-12-24(39-28(34)37)17-6-5-7-18(29)14-17;/h5-7,10-11,14-16,23-24H,2-4,8-9,12-13H2,1H3,(H,30,33)(H,31,36)(H,32,35);1H/t23-,24?;/m0./s1. The Hall–Kier alpha value is -3.76. The molecular formula is C28H31Cl2N5O5. The first-order valence-corrected chi connectivity index (χ1v) is 13.4. The first kappa shape index (κ1) is 29.2. The van der Waals surface area contributed by atoms with Gasteiger partial charge in [0.15, 0.2) is 0 Å². The third-order valence-corrected chi connectivity index (χ3v) is 7.25. The first-order chi connectivity index (χ1) is 18.9. The average Bonchev–Trinajstić information content (AvgIpc) is 3.40. The molecule has 0 radical (unpaired) electrons. The zero-order valence-electron chi connectivity index (χ0n) is 21.9. The van der Waals surface area contributed by atoms with Crippen LogP contribution in [0.4, 0.5) is 21.0 Å². The summed E-state index contributed by atoms with van der Waals surface area (Å²) in [5.41, 5.74) is 3.27. The predicted octanol–water partition coefficient (Wildman–Crippen LogP) is 6.86. The van der Waals surface area contributed by atoms with Crippen molar-refractivity contribution in [2.45, 2.75) is 50.7 Å². The lowest BCUT2D eigenvalue weighted by atomic mass is 10.0. The number of ether oxygens (including phenoxy) is 2. The van der Waals surface area contributed by atoms with Crippen LogP contribution in [0.25, 0.3) is 11.3 Å². The van der Waals surface area contributed by atoms with Crippen molar-refractivity contribution in [3.8, 4) is 11.3 Å². The van der Waals surface area contributed by atoms with Crippen LogP contribution < -0.4 is 10.6 Å². The SMILES string of the molecule is COC(=O)Nc1ccc2c(c1)NC(=O)CCCCC[C@H](N1CCC(c3cccc(Cl)c3)OC1=O)c1ncc-2[nH]1.Cl. The predicted molar refractivity (Wildman–Crippen MR) is 154 cm³/mol. The van der Waals surface area contributed by atoms with Gasteiger partial charge in [0.2, 0.25) is 5.91 Å². The van der Waals surface area contributed by atoms with Gasteiger partial charge in [-0.15, -0.1) is 12.4 Å².